The lowest BCUT2D eigenvalue weighted by molar-refractivity contribution is -0.112. The van der Waals surface area contributed by atoms with Crippen LogP contribution in [-0.4, -0.2) is 11.0 Å². The summed E-state index contributed by atoms with van der Waals surface area (Å²) in [6.45, 7) is 1.95. The number of phenols is 1. The van der Waals surface area contributed by atoms with Gasteiger partial charge in [-0.3, -0.25) is 4.79 Å². The van der Waals surface area contributed by atoms with Crippen LogP contribution in [0.15, 0.2) is 58.7 Å². The number of nitrogens with zero attached hydrogens (tertiary/aromatic N) is 1. The van der Waals surface area contributed by atoms with Crippen LogP contribution in [0, 0.1) is 18.3 Å². The van der Waals surface area contributed by atoms with Crippen LogP contribution in [0.5, 0.6) is 5.75 Å². The van der Waals surface area contributed by atoms with Gasteiger partial charge in [-0.2, -0.15) is 5.26 Å². The van der Waals surface area contributed by atoms with Crippen LogP contribution in [0.25, 0.3) is 0 Å². The molecule has 0 aliphatic rings. The molecule has 0 fully saturated rings. The number of rotatable bonds is 4. The van der Waals surface area contributed by atoms with Crippen LogP contribution in [0.3, 0.4) is 0 Å². The quantitative estimate of drug-likeness (QED) is 0.431. The summed E-state index contributed by atoms with van der Waals surface area (Å²) in [7, 11) is 0. The third kappa shape index (κ3) is 4.59. The third-order valence-electron chi connectivity index (χ3n) is 3.03. The first-order chi connectivity index (χ1) is 11.0. The van der Waals surface area contributed by atoms with Gasteiger partial charge in [0.05, 0.1) is 0 Å². The average molecular weight is 372 g/mol. The normalized spacial score (nSPS) is 10.7. The average Bonchev–Trinajstić information content (AvgIpc) is 2.53. The van der Waals surface area contributed by atoms with Gasteiger partial charge in [0.15, 0.2) is 0 Å². The molecule has 116 valence electrons. The molecule has 0 heterocycles. The minimum Gasteiger partial charge on any atom is -0.508 e. The lowest BCUT2D eigenvalue weighted by Crippen LogP contribution is -2.14. The van der Waals surface area contributed by atoms with Gasteiger partial charge in [0.25, 0.3) is 5.91 Å². The summed E-state index contributed by atoms with van der Waals surface area (Å²) in [5.41, 5.74) is 2.25. The standard InChI is InChI=1S/C17H14BrN3O2/c1-11-8-14(4-7-16(11)18)20-10-12(9-19)17(23)21-13-2-5-15(22)6-3-13/h2-8,10,20,22H,1H3,(H,21,23)/b12-10-. The van der Waals surface area contributed by atoms with Gasteiger partial charge in [-0.05, 0) is 55.0 Å². The molecular weight excluding hydrogens is 358 g/mol. The van der Waals surface area contributed by atoms with Crippen LogP contribution >= 0.6 is 15.9 Å². The second-order valence-corrected chi connectivity index (χ2v) is 5.63. The first kappa shape index (κ1) is 16.6. The minimum atomic E-state index is -0.528. The number of amides is 1. The van der Waals surface area contributed by atoms with Crippen molar-refractivity contribution in [2.24, 2.45) is 0 Å². The minimum absolute atomic E-state index is 0.0568. The van der Waals surface area contributed by atoms with E-state index < -0.39 is 5.91 Å². The first-order valence-electron chi connectivity index (χ1n) is 6.73. The molecule has 2 aromatic carbocycles. The van der Waals surface area contributed by atoms with Gasteiger partial charge in [-0.1, -0.05) is 15.9 Å². The Labute approximate surface area is 142 Å². The summed E-state index contributed by atoms with van der Waals surface area (Å²) < 4.78 is 0.984. The van der Waals surface area contributed by atoms with Gasteiger partial charge in [0.2, 0.25) is 0 Å². The zero-order chi connectivity index (χ0) is 16.8. The molecule has 3 N–H and O–H groups in total. The third-order valence-corrected chi connectivity index (χ3v) is 3.92. The van der Waals surface area contributed by atoms with Crippen molar-refractivity contribution in [3.8, 4) is 11.8 Å². The molecule has 0 spiro atoms. The maximum absolute atomic E-state index is 12.1. The van der Waals surface area contributed by atoms with Gasteiger partial charge in [-0.25, -0.2) is 0 Å². The molecule has 2 rings (SSSR count). The fourth-order valence-corrected chi connectivity index (χ4v) is 2.03. The summed E-state index contributed by atoms with van der Waals surface area (Å²) in [6, 6.07) is 13.5. The SMILES string of the molecule is Cc1cc(N/C=C(/C#N)C(=O)Nc2ccc(O)cc2)ccc1Br. The number of nitrogens with one attached hydrogen (secondary N) is 2. The van der Waals surface area contributed by atoms with E-state index in [0.717, 1.165) is 15.7 Å². The summed E-state index contributed by atoms with van der Waals surface area (Å²) in [4.78, 5) is 12.1. The van der Waals surface area contributed by atoms with E-state index in [1.165, 1.54) is 18.3 Å². The first-order valence-corrected chi connectivity index (χ1v) is 7.52. The Morgan fingerprint density at radius 2 is 1.87 bits per heavy atom. The fraction of sp³-hybridized carbons (Fsp3) is 0.0588. The number of carbonyl (C=O) groups excluding carboxylic acids is 1. The Morgan fingerprint density at radius 1 is 1.22 bits per heavy atom. The van der Waals surface area contributed by atoms with Crippen molar-refractivity contribution in [3.63, 3.8) is 0 Å². The van der Waals surface area contributed by atoms with Crippen LogP contribution in [-0.2, 0) is 4.79 Å². The van der Waals surface area contributed by atoms with Gasteiger partial charge < -0.3 is 15.7 Å². The highest BCUT2D eigenvalue weighted by molar-refractivity contribution is 9.10. The van der Waals surface area contributed by atoms with E-state index in [2.05, 4.69) is 26.6 Å². The number of aromatic hydroxyl groups is 1. The topological polar surface area (TPSA) is 85.2 Å². The Hall–Kier alpha value is -2.78. The molecule has 0 atom stereocenters. The monoisotopic (exact) mass is 371 g/mol. The second kappa shape index (κ2) is 7.47. The zero-order valence-corrected chi connectivity index (χ0v) is 13.9. The lowest BCUT2D eigenvalue weighted by atomic mass is 10.2. The van der Waals surface area contributed by atoms with Crippen molar-refractivity contribution in [1.82, 2.24) is 0 Å². The summed E-state index contributed by atoms with van der Waals surface area (Å²) >= 11 is 3.41. The molecule has 5 nitrogen and oxygen atoms in total. The highest BCUT2D eigenvalue weighted by Crippen LogP contribution is 2.20. The predicted octanol–water partition coefficient (Wildman–Crippen LogP) is 3.92. The van der Waals surface area contributed by atoms with Gasteiger partial charge in [-0.15, -0.1) is 0 Å². The van der Waals surface area contributed by atoms with Crippen molar-refractivity contribution < 1.29 is 9.90 Å². The van der Waals surface area contributed by atoms with E-state index in [-0.39, 0.29) is 11.3 Å². The number of anilines is 2. The number of hydrogen-bond acceptors (Lipinski definition) is 4. The van der Waals surface area contributed by atoms with Crippen molar-refractivity contribution in [2.75, 3.05) is 10.6 Å². The fourth-order valence-electron chi connectivity index (χ4n) is 1.78. The Morgan fingerprint density at radius 3 is 2.48 bits per heavy atom. The Balaban J connectivity index is 2.08. The molecule has 0 saturated heterocycles. The molecule has 0 radical (unpaired) electrons. The number of benzene rings is 2. The summed E-state index contributed by atoms with van der Waals surface area (Å²) in [5.74, 6) is -0.425. The predicted molar refractivity (Wildman–Crippen MR) is 92.9 cm³/mol. The lowest BCUT2D eigenvalue weighted by Gasteiger charge is -2.06. The van der Waals surface area contributed by atoms with Crippen molar-refractivity contribution in [2.45, 2.75) is 6.92 Å². The molecule has 2 aromatic rings. The van der Waals surface area contributed by atoms with Gasteiger partial charge >= 0.3 is 0 Å². The van der Waals surface area contributed by atoms with Crippen LogP contribution in [0.1, 0.15) is 5.56 Å². The molecule has 23 heavy (non-hydrogen) atoms. The highest BCUT2D eigenvalue weighted by Gasteiger charge is 2.09. The van der Waals surface area contributed by atoms with E-state index in [0.29, 0.717) is 5.69 Å². The molecule has 0 unspecified atom stereocenters. The van der Waals surface area contributed by atoms with Crippen molar-refractivity contribution in [3.05, 3.63) is 64.3 Å². The molecule has 6 heteroatoms. The van der Waals surface area contributed by atoms with Gasteiger partial charge in [0.1, 0.15) is 17.4 Å². The number of phenolic OH excluding ortho intramolecular Hbond substituents is 1. The maximum Gasteiger partial charge on any atom is 0.267 e. The summed E-state index contributed by atoms with van der Waals surface area (Å²) in [6.07, 6.45) is 1.36. The molecule has 0 aliphatic heterocycles. The Bertz CT molecular complexity index is 792. The van der Waals surface area contributed by atoms with E-state index in [4.69, 9.17) is 5.26 Å². The van der Waals surface area contributed by atoms with E-state index in [1.807, 2.05) is 31.2 Å². The Kier molecular flexibility index (Phi) is 5.39. The molecule has 0 bridgehead atoms. The maximum atomic E-state index is 12.1. The number of aryl methyl sites for hydroxylation is 1. The van der Waals surface area contributed by atoms with Crippen LogP contribution in [0.2, 0.25) is 0 Å². The van der Waals surface area contributed by atoms with E-state index in [9.17, 15) is 9.90 Å². The molecule has 0 aromatic heterocycles. The molecule has 0 aliphatic carbocycles. The highest BCUT2D eigenvalue weighted by atomic mass is 79.9. The van der Waals surface area contributed by atoms with E-state index in [1.54, 1.807) is 12.1 Å². The number of halogens is 1. The van der Waals surface area contributed by atoms with E-state index >= 15 is 0 Å². The summed E-state index contributed by atoms with van der Waals surface area (Å²) in [5, 5.41) is 23.9. The number of carbonyl (C=O) groups is 1. The second-order valence-electron chi connectivity index (χ2n) is 4.78. The smallest absolute Gasteiger partial charge is 0.267 e. The van der Waals surface area contributed by atoms with Crippen molar-refractivity contribution >= 4 is 33.2 Å². The van der Waals surface area contributed by atoms with Crippen LogP contribution < -0.4 is 10.6 Å². The molecular formula is C17H14BrN3O2. The van der Waals surface area contributed by atoms with Gasteiger partial charge in [0, 0.05) is 22.0 Å². The molecule has 1 amide bonds. The zero-order valence-electron chi connectivity index (χ0n) is 12.3. The molecule has 0 saturated carbocycles. The van der Waals surface area contributed by atoms with Crippen LogP contribution in [0.4, 0.5) is 11.4 Å². The number of nitriles is 1. The van der Waals surface area contributed by atoms with Crippen molar-refractivity contribution in [1.29, 1.82) is 5.26 Å². The largest absolute Gasteiger partial charge is 0.508 e. The number of hydrogen-bond donors (Lipinski definition) is 3.